The predicted molar refractivity (Wildman–Crippen MR) is 54.6 cm³/mol. The maximum Gasteiger partial charge on any atom is 0.549 e. The van der Waals surface area contributed by atoms with Gasteiger partial charge in [0, 0.05) is 11.6 Å². The summed E-state index contributed by atoms with van der Waals surface area (Å²) in [6.07, 6.45) is -0.204. The average Bonchev–Trinajstić information content (AvgIpc) is 2.26. The zero-order chi connectivity index (χ0) is 13.3. The molecule has 7 heteroatoms. The summed E-state index contributed by atoms with van der Waals surface area (Å²) in [5, 5.41) is 0. The molecule has 0 aliphatic heterocycles. The number of ether oxygens (including phenoxy) is 2. The summed E-state index contributed by atoms with van der Waals surface area (Å²) in [7, 11) is 0. The predicted octanol–water partition coefficient (Wildman–Crippen LogP) is 1.13. The Hall–Kier alpha value is -2.05. The summed E-state index contributed by atoms with van der Waals surface area (Å²) in [4.78, 5) is 40.9. The Balaban J connectivity index is 4.13. The molecule has 0 amide bonds. The van der Waals surface area contributed by atoms with Crippen LogP contribution in [0.5, 0.6) is 0 Å². The van der Waals surface area contributed by atoms with E-state index in [0.717, 1.165) is 6.08 Å². The number of hydrogen-bond acceptors (Lipinski definition) is 7. The Labute approximate surface area is 98.2 Å². The highest BCUT2D eigenvalue weighted by atomic mass is 17.2. The molecule has 0 atom stereocenters. The SMILES string of the molecule is CCOC(=O)/C=C(\C)C(=O)OOC(=O)OCC. The fourth-order valence-electron chi connectivity index (χ4n) is 0.699. The van der Waals surface area contributed by atoms with Crippen molar-refractivity contribution in [3.05, 3.63) is 11.6 Å². The van der Waals surface area contributed by atoms with Gasteiger partial charge in [-0.3, -0.25) is 0 Å². The van der Waals surface area contributed by atoms with Crippen molar-refractivity contribution in [2.75, 3.05) is 13.2 Å². The lowest BCUT2D eigenvalue weighted by Crippen LogP contribution is -2.14. The molecule has 0 saturated carbocycles. The third-order valence-corrected chi connectivity index (χ3v) is 1.39. The second kappa shape index (κ2) is 8.14. The van der Waals surface area contributed by atoms with Crippen LogP contribution < -0.4 is 0 Å². The number of carbonyl (C=O) groups excluding carboxylic acids is 3. The van der Waals surface area contributed by atoms with Crippen molar-refractivity contribution in [3.8, 4) is 0 Å². The van der Waals surface area contributed by atoms with Crippen molar-refractivity contribution in [1.82, 2.24) is 0 Å². The normalized spacial score (nSPS) is 10.4. The molecule has 0 aromatic carbocycles. The molecule has 7 nitrogen and oxygen atoms in total. The highest BCUT2D eigenvalue weighted by Gasteiger charge is 2.13. The van der Waals surface area contributed by atoms with E-state index in [1.807, 2.05) is 0 Å². The largest absolute Gasteiger partial charge is 0.549 e. The number of hydrogen-bond donors (Lipinski definition) is 0. The average molecular weight is 246 g/mol. The minimum Gasteiger partial charge on any atom is -0.463 e. The van der Waals surface area contributed by atoms with Gasteiger partial charge in [-0.25, -0.2) is 19.4 Å². The molecule has 0 heterocycles. The van der Waals surface area contributed by atoms with Gasteiger partial charge in [0.1, 0.15) is 0 Å². The number of esters is 1. The van der Waals surface area contributed by atoms with Crippen LogP contribution in [0.15, 0.2) is 11.6 Å². The quantitative estimate of drug-likeness (QED) is 0.318. The third kappa shape index (κ3) is 6.93. The lowest BCUT2D eigenvalue weighted by Gasteiger charge is -2.02. The maximum atomic E-state index is 11.2. The zero-order valence-corrected chi connectivity index (χ0v) is 9.85. The lowest BCUT2D eigenvalue weighted by atomic mass is 10.3. The van der Waals surface area contributed by atoms with Gasteiger partial charge >= 0.3 is 18.1 Å². The van der Waals surface area contributed by atoms with Gasteiger partial charge in [-0.2, -0.15) is 4.79 Å². The van der Waals surface area contributed by atoms with Crippen LogP contribution in [0, 0.1) is 0 Å². The molecular formula is C10H14O7. The summed E-state index contributed by atoms with van der Waals surface area (Å²) in [5.41, 5.74) is -0.0623. The topological polar surface area (TPSA) is 88.1 Å². The number of carbonyl (C=O) groups is 3. The molecule has 0 bridgehead atoms. The fourth-order valence-corrected chi connectivity index (χ4v) is 0.699. The summed E-state index contributed by atoms with van der Waals surface area (Å²) in [6.45, 7) is 4.79. The molecule has 0 saturated heterocycles. The van der Waals surface area contributed by atoms with Crippen molar-refractivity contribution in [2.24, 2.45) is 0 Å². The van der Waals surface area contributed by atoms with Crippen molar-refractivity contribution in [2.45, 2.75) is 20.8 Å². The van der Waals surface area contributed by atoms with Crippen molar-refractivity contribution >= 4 is 18.1 Å². The van der Waals surface area contributed by atoms with Crippen LogP contribution in [0.3, 0.4) is 0 Å². The van der Waals surface area contributed by atoms with Gasteiger partial charge in [0.2, 0.25) is 0 Å². The Morgan fingerprint density at radius 1 is 1.00 bits per heavy atom. The highest BCUT2D eigenvalue weighted by molar-refractivity contribution is 5.95. The number of rotatable bonds is 4. The molecule has 0 aliphatic carbocycles. The molecule has 0 unspecified atom stereocenters. The first-order valence-electron chi connectivity index (χ1n) is 4.91. The molecule has 0 rings (SSSR count). The van der Waals surface area contributed by atoms with Gasteiger partial charge in [-0.05, 0) is 20.8 Å². The second-order valence-corrected chi connectivity index (χ2v) is 2.72. The van der Waals surface area contributed by atoms with Gasteiger partial charge in [0.25, 0.3) is 0 Å². The lowest BCUT2D eigenvalue weighted by molar-refractivity contribution is -0.238. The monoisotopic (exact) mass is 246 g/mol. The maximum absolute atomic E-state index is 11.2. The summed E-state index contributed by atoms with van der Waals surface area (Å²) >= 11 is 0. The van der Waals surface area contributed by atoms with Gasteiger partial charge in [-0.15, -0.1) is 0 Å². The molecule has 96 valence electrons. The van der Waals surface area contributed by atoms with E-state index >= 15 is 0 Å². The van der Waals surface area contributed by atoms with Gasteiger partial charge in [0.15, 0.2) is 0 Å². The summed E-state index contributed by atoms with van der Waals surface area (Å²) < 4.78 is 8.91. The standard InChI is InChI=1S/C10H14O7/c1-4-14-8(11)6-7(3)9(12)16-17-10(13)15-5-2/h6H,4-5H2,1-3H3/b7-6+. The second-order valence-electron chi connectivity index (χ2n) is 2.72. The van der Waals surface area contributed by atoms with E-state index in [1.165, 1.54) is 6.92 Å². The molecular weight excluding hydrogens is 232 g/mol. The summed E-state index contributed by atoms with van der Waals surface area (Å²) in [6, 6.07) is 0. The summed E-state index contributed by atoms with van der Waals surface area (Å²) in [5.74, 6) is -1.66. The van der Waals surface area contributed by atoms with Crippen molar-refractivity contribution < 1.29 is 33.6 Å². The highest BCUT2D eigenvalue weighted by Crippen LogP contribution is 1.99. The molecule has 0 aliphatic rings. The van der Waals surface area contributed by atoms with Gasteiger partial charge in [-0.1, -0.05) is 0 Å². The van der Waals surface area contributed by atoms with Crippen LogP contribution in [-0.2, 0) is 28.8 Å². The van der Waals surface area contributed by atoms with Gasteiger partial charge in [0.05, 0.1) is 13.2 Å². The van der Waals surface area contributed by atoms with Crippen LogP contribution in [0.25, 0.3) is 0 Å². The van der Waals surface area contributed by atoms with Crippen LogP contribution >= 0.6 is 0 Å². The Morgan fingerprint density at radius 3 is 2.12 bits per heavy atom. The molecule has 0 N–H and O–H groups in total. The molecule has 17 heavy (non-hydrogen) atoms. The fraction of sp³-hybridized carbons (Fsp3) is 0.500. The molecule has 0 spiro atoms. The van der Waals surface area contributed by atoms with Gasteiger partial charge < -0.3 is 9.47 Å². The van der Waals surface area contributed by atoms with Crippen molar-refractivity contribution in [1.29, 1.82) is 0 Å². The molecule has 0 aromatic heterocycles. The van der Waals surface area contributed by atoms with Crippen LogP contribution in [0.1, 0.15) is 20.8 Å². The van der Waals surface area contributed by atoms with Crippen molar-refractivity contribution in [3.63, 3.8) is 0 Å². The van der Waals surface area contributed by atoms with E-state index in [0.29, 0.717) is 0 Å². The van der Waals surface area contributed by atoms with E-state index in [-0.39, 0.29) is 18.8 Å². The smallest absolute Gasteiger partial charge is 0.463 e. The molecule has 0 aromatic rings. The minimum atomic E-state index is -1.13. The first-order chi connectivity index (χ1) is 8.01. The van der Waals surface area contributed by atoms with Crippen LogP contribution in [0.4, 0.5) is 4.79 Å². The van der Waals surface area contributed by atoms with E-state index in [1.54, 1.807) is 13.8 Å². The van der Waals surface area contributed by atoms with E-state index in [4.69, 9.17) is 0 Å². The first-order valence-corrected chi connectivity index (χ1v) is 4.91. The van der Waals surface area contributed by atoms with Crippen LogP contribution in [0.2, 0.25) is 0 Å². The van der Waals surface area contributed by atoms with E-state index in [2.05, 4.69) is 19.2 Å². The Kier molecular flexibility index (Phi) is 7.16. The molecule has 0 radical (unpaired) electrons. The molecule has 0 fully saturated rings. The Bertz CT molecular complexity index is 319. The zero-order valence-electron chi connectivity index (χ0n) is 9.85. The van der Waals surface area contributed by atoms with E-state index < -0.39 is 18.1 Å². The first kappa shape index (κ1) is 14.9. The van der Waals surface area contributed by atoms with E-state index in [9.17, 15) is 14.4 Å². The minimum absolute atomic E-state index is 0.0623. The van der Waals surface area contributed by atoms with Crippen LogP contribution in [-0.4, -0.2) is 31.3 Å². The Morgan fingerprint density at radius 2 is 1.59 bits per heavy atom. The third-order valence-electron chi connectivity index (χ3n) is 1.39.